The average molecular weight is 445 g/mol. The van der Waals surface area contributed by atoms with Crippen LogP contribution in [0.1, 0.15) is 0 Å². The minimum Gasteiger partial charge on any atom is -0.455 e. The van der Waals surface area contributed by atoms with Crippen LogP contribution in [0.4, 0.5) is 0 Å². The van der Waals surface area contributed by atoms with Crippen molar-refractivity contribution in [3.63, 3.8) is 0 Å². The highest BCUT2D eigenvalue weighted by molar-refractivity contribution is 6.27. The summed E-state index contributed by atoms with van der Waals surface area (Å²) in [5, 5.41) is 10.2. The zero-order valence-electron chi connectivity index (χ0n) is 19.0. The van der Waals surface area contributed by atoms with E-state index in [0.717, 1.165) is 22.1 Å². The molecule has 0 unspecified atom stereocenters. The molecular weight excluding hydrogens is 424 g/mol. The molecule has 1 nitrogen and oxygen atoms in total. The Bertz CT molecular complexity index is 2030. The monoisotopic (exact) mass is 444 g/mol. The summed E-state index contributed by atoms with van der Waals surface area (Å²) in [4.78, 5) is 0. The summed E-state index contributed by atoms with van der Waals surface area (Å²) < 4.78 is 6.53. The molecule has 0 bridgehead atoms. The lowest BCUT2D eigenvalue weighted by Crippen LogP contribution is -1.88. The molecule has 0 atom stereocenters. The van der Waals surface area contributed by atoms with E-state index in [1.54, 1.807) is 0 Å². The molecular formula is C34H20O. The summed E-state index contributed by atoms with van der Waals surface area (Å²) in [5.74, 6) is 0. The molecule has 8 aromatic rings. The lowest BCUT2D eigenvalue weighted by atomic mass is 9.88. The standard InChI is InChI=1S/C34H20O/c1-2-7-21(8-3-1)25-19-20-28(33-29-11-4-5-12-30(29)35-34(25)33)26-17-15-24-14-13-22-9-6-10-23-16-18-27(26)32(24)31(22)23/h1-20H. The Labute approximate surface area is 202 Å². The van der Waals surface area contributed by atoms with Crippen molar-refractivity contribution in [2.45, 2.75) is 0 Å². The van der Waals surface area contributed by atoms with Gasteiger partial charge >= 0.3 is 0 Å². The van der Waals surface area contributed by atoms with Gasteiger partial charge in [-0.15, -0.1) is 0 Å². The van der Waals surface area contributed by atoms with E-state index in [2.05, 4.69) is 115 Å². The van der Waals surface area contributed by atoms with Crippen LogP contribution in [0.2, 0.25) is 0 Å². The first-order valence-electron chi connectivity index (χ1n) is 12.0. The zero-order chi connectivity index (χ0) is 22.9. The fourth-order valence-electron chi connectivity index (χ4n) is 5.87. The van der Waals surface area contributed by atoms with Crippen LogP contribution in [0.15, 0.2) is 126 Å². The molecule has 35 heavy (non-hydrogen) atoms. The molecule has 0 spiro atoms. The highest BCUT2D eigenvalue weighted by Crippen LogP contribution is 2.45. The molecule has 0 saturated carbocycles. The van der Waals surface area contributed by atoms with Gasteiger partial charge in [0, 0.05) is 16.3 Å². The van der Waals surface area contributed by atoms with E-state index >= 15 is 0 Å². The maximum atomic E-state index is 6.53. The van der Waals surface area contributed by atoms with Crippen molar-refractivity contribution in [3.8, 4) is 22.3 Å². The number of furan rings is 1. The molecule has 8 rings (SSSR count). The Morgan fingerprint density at radius 2 is 1.03 bits per heavy atom. The lowest BCUT2D eigenvalue weighted by Gasteiger charge is -2.15. The average Bonchev–Trinajstić information content (AvgIpc) is 3.32. The number of hydrogen-bond donors (Lipinski definition) is 0. The van der Waals surface area contributed by atoms with Crippen molar-refractivity contribution in [3.05, 3.63) is 121 Å². The quantitative estimate of drug-likeness (QED) is 0.242. The molecule has 0 N–H and O–H groups in total. The first-order valence-corrected chi connectivity index (χ1v) is 12.0. The minimum atomic E-state index is 0.921. The molecule has 0 fully saturated rings. The van der Waals surface area contributed by atoms with Gasteiger partial charge in [0.1, 0.15) is 11.2 Å². The number of rotatable bonds is 2. The van der Waals surface area contributed by atoms with Gasteiger partial charge in [-0.2, -0.15) is 0 Å². The summed E-state index contributed by atoms with van der Waals surface area (Å²) in [5.41, 5.74) is 6.61. The molecule has 7 aromatic carbocycles. The number of hydrogen-bond acceptors (Lipinski definition) is 1. The van der Waals surface area contributed by atoms with Crippen LogP contribution in [0.25, 0.3) is 76.5 Å². The zero-order valence-corrected chi connectivity index (χ0v) is 19.0. The molecule has 0 aliphatic carbocycles. The first kappa shape index (κ1) is 18.8. The van der Waals surface area contributed by atoms with Crippen LogP contribution < -0.4 is 0 Å². The third kappa shape index (κ3) is 2.58. The van der Waals surface area contributed by atoms with Gasteiger partial charge in [0.05, 0.1) is 0 Å². The van der Waals surface area contributed by atoms with Crippen molar-refractivity contribution in [2.75, 3.05) is 0 Å². The molecule has 0 amide bonds. The first-order chi connectivity index (χ1) is 17.4. The minimum absolute atomic E-state index is 0.921. The number of benzene rings is 7. The second-order valence-corrected chi connectivity index (χ2v) is 9.30. The van der Waals surface area contributed by atoms with Gasteiger partial charge < -0.3 is 4.42 Å². The van der Waals surface area contributed by atoms with Gasteiger partial charge in [-0.05, 0) is 61.1 Å². The van der Waals surface area contributed by atoms with E-state index in [4.69, 9.17) is 4.42 Å². The van der Waals surface area contributed by atoms with Crippen molar-refractivity contribution in [2.24, 2.45) is 0 Å². The van der Waals surface area contributed by atoms with Gasteiger partial charge in [0.15, 0.2) is 0 Å². The largest absolute Gasteiger partial charge is 0.455 e. The lowest BCUT2D eigenvalue weighted by molar-refractivity contribution is 0.670. The molecule has 162 valence electrons. The van der Waals surface area contributed by atoms with E-state index in [9.17, 15) is 0 Å². The van der Waals surface area contributed by atoms with Crippen molar-refractivity contribution in [1.29, 1.82) is 0 Å². The van der Waals surface area contributed by atoms with Crippen molar-refractivity contribution < 1.29 is 4.42 Å². The highest BCUT2D eigenvalue weighted by atomic mass is 16.3. The summed E-state index contributed by atoms with van der Waals surface area (Å²) in [6.07, 6.45) is 0. The summed E-state index contributed by atoms with van der Waals surface area (Å²) in [6.45, 7) is 0. The van der Waals surface area contributed by atoms with E-state index in [1.807, 2.05) is 6.07 Å². The van der Waals surface area contributed by atoms with E-state index in [1.165, 1.54) is 54.4 Å². The summed E-state index contributed by atoms with van der Waals surface area (Å²) >= 11 is 0. The molecule has 0 radical (unpaired) electrons. The maximum absolute atomic E-state index is 6.53. The highest BCUT2D eigenvalue weighted by Gasteiger charge is 2.19. The van der Waals surface area contributed by atoms with Gasteiger partial charge in [-0.25, -0.2) is 0 Å². The van der Waals surface area contributed by atoms with E-state index < -0.39 is 0 Å². The van der Waals surface area contributed by atoms with Crippen LogP contribution in [0, 0.1) is 0 Å². The normalized spacial score (nSPS) is 12.0. The second kappa shape index (κ2) is 6.94. The number of fused-ring (bicyclic) bond motifs is 3. The Morgan fingerprint density at radius 1 is 0.371 bits per heavy atom. The van der Waals surface area contributed by atoms with E-state index in [0.29, 0.717) is 0 Å². The Balaban J connectivity index is 1.53. The molecule has 0 saturated heterocycles. The smallest absolute Gasteiger partial charge is 0.143 e. The third-order valence-corrected chi connectivity index (χ3v) is 7.43. The summed E-state index contributed by atoms with van der Waals surface area (Å²) in [6, 6.07) is 43.5. The molecule has 1 heteroatoms. The predicted molar refractivity (Wildman–Crippen MR) is 148 cm³/mol. The maximum Gasteiger partial charge on any atom is 0.143 e. The summed E-state index contributed by atoms with van der Waals surface area (Å²) in [7, 11) is 0. The van der Waals surface area contributed by atoms with Crippen LogP contribution in [0.5, 0.6) is 0 Å². The Morgan fingerprint density at radius 3 is 1.89 bits per heavy atom. The fraction of sp³-hybridized carbons (Fsp3) is 0. The van der Waals surface area contributed by atoms with Crippen LogP contribution >= 0.6 is 0 Å². The predicted octanol–water partition coefficient (Wildman–Crippen LogP) is 9.82. The Hall–Kier alpha value is -4.62. The molecule has 1 heterocycles. The Kier molecular flexibility index (Phi) is 3.72. The van der Waals surface area contributed by atoms with Crippen molar-refractivity contribution >= 4 is 54.3 Å². The van der Waals surface area contributed by atoms with Crippen LogP contribution in [0.3, 0.4) is 0 Å². The fourth-order valence-corrected chi connectivity index (χ4v) is 5.87. The van der Waals surface area contributed by atoms with Crippen LogP contribution in [-0.4, -0.2) is 0 Å². The second-order valence-electron chi connectivity index (χ2n) is 9.30. The molecule has 1 aromatic heterocycles. The number of para-hydroxylation sites is 1. The van der Waals surface area contributed by atoms with Gasteiger partial charge in [-0.1, -0.05) is 109 Å². The van der Waals surface area contributed by atoms with E-state index in [-0.39, 0.29) is 0 Å². The molecule has 0 aliphatic rings. The van der Waals surface area contributed by atoms with Crippen molar-refractivity contribution in [1.82, 2.24) is 0 Å². The topological polar surface area (TPSA) is 13.1 Å². The third-order valence-electron chi connectivity index (χ3n) is 7.43. The van der Waals surface area contributed by atoms with Gasteiger partial charge in [0.2, 0.25) is 0 Å². The van der Waals surface area contributed by atoms with Gasteiger partial charge in [0.25, 0.3) is 0 Å². The van der Waals surface area contributed by atoms with Crippen LogP contribution in [-0.2, 0) is 0 Å². The van der Waals surface area contributed by atoms with Gasteiger partial charge in [-0.3, -0.25) is 0 Å². The molecule has 0 aliphatic heterocycles. The SMILES string of the molecule is c1ccc(-c2ccc(-c3ccc4ccc5cccc6ccc3c4c56)c3c2oc2ccccc23)cc1.